The molecule has 114 valence electrons. The van der Waals surface area contributed by atoms with Gasteiger partial charge in [0.05, 0.1) is 0 Å². The van der Waals surface area contributed by atoms with Crippen LogP contribution in [0.25, 0.3) is 0 Å². The van der Waals surface area contributed by atoms with Crippen LogP contribution in [0, 0.1) is 0 Å². The van der Waals surface area contributed by atoms with Crippen LogP contribution < -0.4 is 0 Å². The van der Waals surface area contributed by atoms with Gasteiger partial charge in [-0.05, 0) is 17.5 Å². The van der Waals surface area contributed by atoms with E-state index in [2.05, 4.69) is 0 Å². The fourth-order valence-electron chi connectivity index (χ4n) is 1.51. The summed E-state index contributed by atoms with van der Waals surface area (Å²) < 4.78 is 87.9. The zero-order valence-electron chi connectivity index (χ0n) is 10.2. The maximum atomic E-state index is 13.2. The molecule has 1 unspecified atom stereocenters. The van der Waals surface area contributed by atoms with Gasteiger partial charge >= 0.3 is 18.0 Å². The van der Waals surface area contributed by atoms with Crippen LogP contribution in [-0.2, 0) is 6.42 Å². The van der Waals surface area contributed by atoms with E-state index in [0.717, 1.165) is 12.1 Å². The molecule has 20 heavy (non-hydrogen) atoms. The first-order valence-corrected chi connectivity index (χ1v) is 5.54. The fraction of sp³-hybridized carbons (Fsp3) is 0.500. The van der Waals surface area contributed by atoms with Gasteiger partial charge < -0.3 is 5.11 Å². The number of benzene rings is 1. The Kier molecular flexibility index (Phi) is 4.38. The highest BCUT2D eigenvalue weighted by atomic mass is 19.4. The summed E-state index contributed by atoms with van der Waals surface area (Å²) in [7, 11) is 0. The summed E-state index contributed by atoms with van der Waals surface area (Å²) in [5.41, 5.74) is -0.0528. The van der Waals surface area contributed by atoms with Crippen LogP contribution in [0.5, 0.6) is 0 Å². The molecule has 8 heteroatoms. The highest BCUT2D eigenvalue weighted by molar-refractivity contribution is 5.26. The molecule has 1 aromatic rings. The molecule has 0 saturated heterocycles. The number of aryl methyl sites for hydroxylation is 1. The molecule has 1 aromatic carbocycles. The van der Waals surface area contributed by atoms with Gasteiger partial charge in [0.15, 0.2) is 0 Å². The smallest absolute Gasteiger partial charge is 0.382 e. The van der Waals surface area contributed by atoms with Crippen LogP contribution in [-0.4, -0.2) is 23.1 Å². The maximum Gasteiger partial charge on any atom is 0.459 e. The summed E-state index contributed by atoms with van der Waals surface area (Å²) in [6.45, 7) is 1.73. The molecular weight excluding hydrogens is 293 g/mol. The van der Waals surface area contributed by atoms with Crippen molar-refractivity contribution in [1.82, 2.24) is 0 Å². The normalized spacial score (nSPS) is 15.2. The van der Waals surface area contributed by atoms with E-state index in [9.17, 15) is 35.8 Å². The van der Waals surface area contributed by atoms with Gasteiger partial charge in [-0.3, -0.25) is 0 Å². The Morgan fingerprint density at radius 1 is 0.950 bits per heavy atom. The molecule has 0 spiro atoms. The first kappa shape index (κ1) is 16.7. The highest BCUT2D eigenvalue weighted by Gasteiger charge is 2.75. The van der Waals surface area contributed by atoms with Gasteiger partial charge in [0.1, 0.15) is 6.10 Å². The van der Waals surface area contributed by atoms with E-state index in [-0.39, 0.29) is 0 Å². The molecule has 0 aliphatic carbocycles. The van der Waals surface area contributed by atoms with Crippen LogP contribution in [0.1, 0.15) is 24.2 Å². The Balaban J connectivity index is 3.13. The Bertz CT molecular complexity index is 450. The molecule has 0 fully saturated rings. The third-order valence-corrected chi connectivity index (χ3v) is 2.82. The lowest BCUT2D eigenvalue weighted by atomic mass is 9.97. The SMILES string of the molecule is CCc1ccc(C(O)C(F)(F)C(F)(F)C(F)(F)F)cc1. The average molecular weight is 304 g/mol. The predicted molar refractivity (Wildman–Crippen MR) is 56.7 cm³/mol. The third-order valence-electron chi connectivity index (χ3n) is 2.82. The molecule has 1 atom stereocenters. The summed E-state index contributed by atoms with van der Waals surface area (Å²) in [4.78, 5) is 0. The number of aliphatic hydroxyl groups excluding tert-OH is 1. The predicted octanol–water partition coefficient (Wildman–Crippen LogP) is 4.12. The zero-order valence-corrected chi connectivity index (χ0v) is 10.2. The summed E-state index contributed by atoms with van der Waals surface area (Å²) in [5.74, 6) is -12.0. The minimum absolute atomic E-state index is 0.519. The van der Waals surface area contributed by atoms with E-state index in [1.165, 1.54) is 12.1 Å². The largest absolute Gasteiger partial charge is 0.459 e. The van der Waals surface area contributed by atoms with Crippen molar-refractivity contribution < 1.29 is 35.8 Å². The second kappa shape index (κ2) is 5.23. The maximum absolute atomic E-state index is 13.2. The van der Waals surface area contributed by atoms with Crippen molar-refractivity contribution in [3.05, 3.63) is 35.4 Å². The minimum atomic E-state index is -6.46. The van der Waals surface area contributed by atoms with Crippen molar-refractivity contribution in [1.29, 1.82) is 0 Å². The molecule has 1 rings (SSSR count). The lowest BCUT2D eigenvalue weighted by Gasteiger charge is -2.31. The summed E-state index contributed by atoms with van der Waals surface area (Å²) in [6, 6.07) is 4.31. The standard InChI is InChI=1S/C12H11F7O/c1-2-7-3-5-8(6-4-7)9(20)10(13,14)11(15,16)12(17,18)19/h3-6,9,20H,2H2,1H3. The second-order valence-electron chi connectivity index (χ2n) is 4.19. The molecule has 1 N–H and O–H groups in total. The van der Waals surface area contributed by atoms with Gasteiger partial charge in [-0.2, -0.15) is 30.7 Å². The molecule has 0 heterocycles. The van der Waals surface area contributed by atoms with Crippen molar-refractivity contribution in [3.8, 4) is 0 Å². The van der Waals surface area contributed by atoms with Gasteiger partial charge in [0, 0.05) is 0 Å². The van der Waals surface area contributed by atoms with Crippen molar-refractivity contribution in [3.63, 3.8) is 0 Å². The molecule has 0 aromatic heterocycles. The highest BCUT2D eigenvalue weighted by Crippen LogP contribution is 2.51. The fourth-order valence-corrected chi connectivity index (χ4v) is 1.51. The molecule has 0 radical (unpaired) electrons. The Morgan fingerprint density at radius 2 is 1.40 bits per heavy atom. The summed E-state index contributed by atoms with van der Waals surface area (Å²) >= 11 is 0. The number of hydrogen-bond donors (Lipinski definition) is 1. The molecule has 0 amide bonds. The molecule has 0 aliphatic rings. The Hall–Kier alpha value is -1.31. The Morgan fingerprint density at radius 3 is 1.75 bits per heavy atom. The number of hydrogen-bond acceptors (Lipinski definition) is 1. The van der Waals surface area contributed by atoms with E-state index in [1.807, 2.05) is 0 Å². The first-order valence-electron chi connectivity index (χ1n) is 5.54. The number of alkyl halides is 7. The number of halogens is 7. The van der Waals surface area contributed by atoms with Gasteiger partial charge in [-0.25, -0.2) is 0 Å². The summed E-state index contributed by atoms with van der Waals surface area (Å²) in [6.07, 6.45) is -9.20. The molecule has 0 saturated carbocycles. The lowest BCUT2D eigenvalue weighted by Crippen LogP contribution is -2.54. The number of aliphatic hydroxyl groups is 1. The van der Waals surface area contributed by atoms with Crippen LogP contribution in [0.15, 0.2) is 24.3 Å². The van der Waals surface area contributed by atoms with Crippen LogP contribution >= 0.6 is 0 Å². The van der Waals surface area contributed by atoms with E-state index >= 15 is 0 Å². The average Bonchev–Trinajstić information content (AvgIpc) is 2.36. The van der Waals surface area contributed by atoms with Crippen LogP contribution in [0.3, 0.4) is 0 Å². The van der Waals surface area contributed by atoms with Crippen molar-refractivity contribution in [2.75, 3.05) is 0 Å². The van der Waals surface area contributed by atoms with Crippen LogP contribution in [0.2, 0.25) is 0 Å². The van der Waals surface area contributed by atoms with E-state index < -0.39 is 29.7 Å². The first-order chi connectivity index (χ1) is 8.95. The van der Waals surface area contributed by atoms with E-state index in [1.54, 1.807) is 6.92 Å². The number of rotatable bonds is 4. The monoisotopic (exact) mass is 304 g/mol. The van der Waals surface area contributed by atoms with Crippen LogP contribution in [0.4, 0.5) is 30.7 Å². The Labute approximate surface area is 110 Å². The van der Waals surface area contributed by atoms with Gasteiger partial charge in [0.25, 0.3) is 0 Å². The minimum Gasteiger partial charge on any atom is -0.382 e. The molecule has 1 nitrogen and oxygen atoms in total. The van der Waals surface area contributed by atoms with E-state index in [4.69, 9.17) is 0 Å². The van der Waals surface area contributed by atoms with Gasteiger partial charge in [-0.15, -0.1) is 0 Å². The topological polar surface area (TPSA) is 20.2 Å². The summed E-state index contributed by atoms with van der Waals surface area (Å²) in [5, 5.41) is 9.18. The molecule has 0 aliphatic heterocycles. The van der Waals surface area contributed by atoms with Gasteiger partial charge in [-0.1, -0.05) is 31.2 Å². The third kappa shape index (κ3) is 2.74. The van der Waals surface area contributed by atoms with Crippen molar-refractivity contribution in [2.24, 2.45) is 0 Å². The van der Waals surface area contributed by atoms with Crippen molar-refractivity contribution >= 4 is 0 Å². The zero-order chi connectivity index (χ0) is 15.8. The molecule has 0 bridgehead atoms. The van der Waals surface area contributed by atoms with E-state index in [0.29, 0.717) is 12.0 Å². The second-order valence-corrected chi connectivity index (χ2v) is 4.19. The molecular formula is C12H11F7O. The lowest BCUT2D eigenvalue weighted by molar-refractivity contribution is -0.372. The van der Waals surface area contributed by atoms with Crippen molar-refractivity contribution in [2.45, 2.75) is 37.5 Å². The quantitative estimate of drug-likeness (QED) is 0.830. The van der Waals surface area contributed by atoms with Gasteiger partial charge in [0.2, 0.25) is 0 Å².